The number of unbranched alkanes of at least 4 members (excludes halogenated alkanes) is 3. The zero-order valence-electron chi connectivity index (χ0n) is 18.5. The van der Waals surface area contributed by atoms with E-state index in [-0.39, 0.29) is 11.0 Å². The lowest BCUT2D eigenvalue weighted by atomic mass is 9.68. The molecule has 2 aliphatic rings. The Kier molecular flexibility index (Phi) is 6.65. The minimum Gasteiger partial charge on any atom is -0.376 e. The molecule has 0 bridgehead atoms. The number of hydrogen-bond donors (Lipinski definition) is 0. The normalized spacial score (nSPS) is 21.2. The fourth-order valence-electron chi connectivity index (χ4n) is 4.47. The highest BCUT2D eigenvalue weighted by Gasteiger charge is 2.38. The summed E-state index contributed by atoms with van der Waals surface area (Å²) in [4.78, 5) is 0. The van der Waals surface area contributed by atoms with Crippen LogP contribution in [0.3, 0.4) is 0 Å². The fraction of sp³-hybridized carbons (Fsp3) is 0.556. The van der Waals surface area contributed by atoms with Gasteiger partial charge >= 0.3 is 0 Å². The molecule has 1 nitrogen and oxygen atoms in total. The molecule has 2 unspecified atom stereocenters. The molecular weight excluding hydrogens is 340 g/mol. The summed E-state index contributed by atoms with van der Waals surface area (Å²) in [7, 11) is 0. The minimum atomic E-state index is -0.00368. The van der Waals surface area contributed by atoms with Crippen LogP contribution in [-0.2, 0) is 4.74 Å². The lowest BCUT2D eigenvalue weighted by Crippen LogP contribution is -2.27. The van der Waals surface area contributed by atoms with Crippen LogP contribution >= 0.6 is 0 Å². The Morgan fingerprint density at radius 3 is 2.39 bits per heavy atom. The summed E-state index contributed by atoms with van der Waals surface area (Å²) in [5, 5.41) is 0. The average molecular weight is 379 g/mol. The van der Waals surface area contributed by atoms with Crippen molar-refractivity contribution in [3.8, 4) is 0 Å². The molecule has 0 spiro atoms. The highest BCUT2D eigenvalue weighted by molar-refractivity contribution is 5.63. The summed E-state index contributed by atoms with van der Waals surface area (Å²) in [6, 6.07) is 8.85. The maximum absolute atomic E-state index is 5.81. The molecule has 28 heavy (non-hydrogen) atoms. The maximum Gasteiger partial charge on any atom is 0.0598 e. The third kappa shape index (κ3) is 5.26. The number of ether oxygens (including phenoxy) is 1. The molecule has 0 radical (unpaired) electrons. The van der Waals surface area contributed by atoms with Gasteiger partial charge in [-0.3, -0.25) is 0 Å². The SMILES string of the molecule is CC(C)(C)OCCCCCCC1=CC(C(C)(C)C2C=Cc3ccccc32)C=C1. The molecule has 1 heteroatoms. The maximum atomic E-state index is 5.81. The zero-order valence-corrected chi connectivity index (χ0v) is 18.5. The molecule has 2 aliphatic carbocycles. The van der Waals surface area contributed by atoms with E-state index in [4.69, 9.17) is 4.74 Å². The second-order valence-corrected chi connectivity index (χ2v) is 10.0. The van der Waals surface area contributed by atoms with Gasteiger partial charge in [-0.25, -0.2) is 0 Å². The van der Waals surface area contributed by atoms with Crippen LogP contribution in [0.4, 0.5) is 0 Å². The molecular formula is C27H38O. The van der Waals surface area contributed by atoms with E-state index in [2.05, 4.69) is 89.3 Å². The molecule has 1 aromatic carbocycles. The van der Waals surface area contributed by atoms with E-state index >= 15 is 0 Å². The van der Waals surface area contributed by atoms with Crippen LogP contribution < -0.4 is 0 Å². The summed E-state index contributed by atoms with van der Waals surface area (Å²) in [6.45, 7) is 12.1. The van der Waals surface area contributed by atoms with Gasteiger partial charge in [0.1, 0.15) is 0 Å². The van der Waals surface area contributed by atoms with Crippen LogP contribution in [0.5, 0.6) is 0 Å². The van der Waals surface area contributed by atoms with Crippen molar-refractivity contribution in [2.45, 2.75) is 78.2 Å². The number of rotatable bonds is 9. The van der Waals surface area contributed by atoms with Crippen LogP contribution in [0.25, 0.3) is 6.08 Å². The van der Waals surface area contributed by atoms with Crippen molar-refractivity contribution in [1.29, 1.82) is 0 Å². The minimum absolute atomic E-state index is 0.00368. The molecule has 1 aromatic rings. The van der Waals surface area contributed by atoms with E-state index in [1.165, 1.54) is 48.8 Å². The summed E-state index contributed by atoms with van der Waals surface area (Å²) < 4.78 is 5.81. The van der Waals surface area contributed by atoms with Crippen LogP contribution in [-0.4, -0.2) is 12.2 Å². The van der Waals surface area contributed by atoms with Crippen molar-refractivity contribution < 1.29 is 4.74 Å². The first-order valence-corrected chi connectivity index (χ1v) is 11.1. The Balaban J connectivity index is 1.45. The second kappa shape index (κ2) is 8.82. The van der Waals surface area contributed by atoms with E-state index < -0.39 is 0 Å². The molecule has 0 saturated carbocycles. The van der Waals surface area contributed by atoms with Crippen molar-refractivity contribution >= 4 is 6.08 Å². The van der Waals surface area contributed by atoms with Crippen molar-refractivity contribution in [3.63, 3.8) is 0 Å². The Hall–Kier alpha value is -1.60. The van der Waals surface area contributed by atoms with Crippen molar-refractivity contribution in [1.82, 2.24) is 0 Å². The highest BCUT2D eigenvalue weighted by atomic mass is 16.5. The van der Waals surface area contributed by atoms with E-state index in [1.54, 1.807) is 0 Å². The largest absolute Gasteiger partial charge is 0.376 e. The third-order valence-corrected chi connectivity index (χ3v) is 6.27. The van der Waals surface area contributed by atoms with Gasteiger partial charge in [0, 0.05) is 18.4 Å². The Morgan fingerprint density at radius 1 is 0.857 bits per heavy atom. The van der Waals surface area contributed by atoms with Gasteiger partial charge in [0.2, 0.25) is 0 Å². The molecule has 0 aromatic heterocycles. The van der Waals surface area contributed by atoms with E-state index in [1.807, 2.05) is 0 Å². The van der Waals surface area contributed by atoms with Crippen LogP contribution in [0, 0.1) is 11.3 Å². The van der Waals surface area contributed by atoms with Gasteiger partial charge in [0.25, 0.3) is 0 Å². The standard InChI is InChI=1S/C27H38O/c1-26(2,3)28-19-11-7-6-8-12-21-15-17-23(20-21)27(4,5)25-18-16-22-13-9-10-14-24(22)25/h9-10,13-18,20,23,25H,6-8,11-12,19H2,1-5H3. The lowest BCUT2D eigenvalue weighted by Gasteiger charge is -2.36. The van der Waals surface area contributed by atoms with E-state index in [0.717, 1.165) is 6.61 Å². The first-order chi connectivity index (χ1) is 13.3. The van der Waals surface area contributed by atoms with Crippen molar-refractivity contribution in [2.75, 3.05) is 6.61 Å². The predicted octanol–water partition coefficient (Wildman–Crippen LogP) is 7.70. The summed E-state index contributed by atoms with van der Waals surface area (Å²) in [5.41, 5.74) is 4.60. The number of hydrogen-bond acceptors (Lipinski definition) is 1. The van der Waals surface area contributed by atoms with Crippen molar-refractivity contribution in [2.24, 2.45) is 11.3 Å². The lowest BCUT2D eigenvalue weighted by molar-refractivity contribution is -0.00473. The van der Waals surface area contributed by atoms with E-state index in [0.29, 0.717) is 11.8 Å². The summed E-state index contributed by atoms with van der Waals surface area (Å²) in [6.07, 6.45) is 18.3. The number of allylic oxidation sites excluding steroid dienone is 5. The average Bonchev–Trinajstić information content (AvgIpc) is 3.27. The molecule has 0 heterocycles. The van der Waals surface area contributed by atoms with Crippen LogP contribution in [0.2, 0.25) is 0 Å². The molecule has 152 valence electrons. The zero-order chi connectivity index (χ0) is 20.2. The van der Waals surface area contributed by atoms with Gasteiger partial charge in [0.15, 0.2) is 0 Å². The molecule has 0 N–H and O–H groups in total. The highest BCUT2D eigenvalue weighted by Crippen LogP contribution is 2.49. The molecule has 3 rings (SSSR count). The smallest absolute Gasteiger partial charge is 0.0598 e. The van der Waals surface area contributed by atoms with Crippen LogP contribution in [0.15, 0.2) is 54.1 Å². The van der Waals surface area contributed by atoms with Gasteiger partial charge in [0.05, 0.1) is 5.60 Å². The molecule has 2 atom stereocenters. The molecule has 0 amide bonds. The first kappa shape index (κ1) is 21.1. The van der Waals surface area contributed by atoms with Crippen LogP contribution in [0.1, 0.15) is 83.8 Å². The Labute approximate surface area is 172 Å². The Morgan fingerprint density at radius 2 is 1.61 bits per heavy atom. The third-order valence-electron chi connectivity index (χ3n) is 6.27. The van der Waals surface area contributed by atoms with Gasteiger partial charge in [-0.2, -0.15) is 0 Å². The quantitative estimate of drug-likeness (QED) is 0.400. The van der Waals surface area contributed by atoms with Gasteiger partial charge in [-0.15, -0.1) is 0 Å². The second-order valence-electron chi connectivity index (χ2n) is 10.0. The molecule has 0 fully saturated rings. The topological polar surface area (TPSA) is 9.23 Å². The summed E-state index contributed by atoms with van der Waals surface area (Å²) >= 11 is 0. The molecule has 0 saturated heterocycles. The molecule has 0 aliphatic heterocycles. The fourth-order valence-corrected chi connectivity index (χ4v) is 4.47. The summed E-state index contributed by atoms with van der Waals surface area (Å²) in [5.74, 6) is 1.01. The van der Waals surface area contributed by atoms with Crippen molar-refractivity contribution in [3.05, 3.63) is 65.3 Å². The van der Waals surface area contributed by atoms with Gasteiger partial charge in [-0.05, 0) is 56.6 Å². The Bertz CT molecular complexity index is 742. The number of benzene rings is 1. The van der Waals surface area contributed by atoms with Gasteiger partial charge < -0.3 is 4.74 Å². The van der Waals surface area contributed by atoms with Gasteiger partial charge in [-0.1, -0.05) is 86.9 Å². The number of fused-ring (bicyclic) bond motifs is 1. The monoisotopic (exact) mass is 378 g/mol. The predicted molar refractivity (Wildman–Crippen MR) is 122 cm³/mol. The van der Waals surface area contributed by atoms with E-state index in [9.17, 15) is 0 Å². The first-order valence-electron chi connectivity index (χ1n) is 11.1.